The fraction of sp³-hybridized carbons (Fsp3) is 0.500. The quantitative estimate of drug-likeness (QED) is 0.783. The number of carbonyl (C=O) groups excluding carboxylic acids is 1. The number of carboxylic acids is 1. The summed E-state index contributed by atoms with van der Waals surface area (Å²) in [6.45, 7) is 5.24. The number of hydrogen-bond donors (Lipinski definition) is 2. The van der Waals surface area contributed by atoms with Crippen molar-refractivity contribution in [2.45, 2.75) is 45.3 Å². The molecule has 0 aromatic heterocycles. The van der Waals surface area contributed by atoms with Gasteiger partial charge in [-0.25, -0.2) is 0 Å². The van der Waals surface area contributed by atoms with Gasteiger partial charge in [-0.05, 0) is 39.2 Å². The Morgan fingerprint density at radius 2 is 1.81 bits per heavy atom. The van der Waals surface area contributed by atoms with Crippen LogP contribution in [0.2, 0.25) is 0 Å². The number of carbonyl (C=O) groups is 2. The lowest BCUT2D eigenvalue weighted by molar-refractivity contribution is -0.157. The van der Waals surface area contributed by atoms with Crippen LogP contribution in [0, 0.1) is 5.92 Å². The monoisotopic (exact) mass is 293 g/mol. The Hall–Kier alpha value is -1.88. The van der Waals surface area contributed by atoms with Crippen molar-refractivity contribution >= 4 is 11.9 Å². The minimum absolute atomic E-state index is 0.0547. The molecule has 0 radical (unpaired) electrons. The highest BCUT2D eigenvalue weighted by Crippen LogP contribution is 2.16. The molecule has 0 spiro atoms. The summed E-state index contributed by atoms with van der Waals surface area (Å²) in [6.07, 6.45) is 0.395. The van der Waals surface area contributed by atoms with Crippen molar-refractivity contribution in [3.63, 3.8) is 0 Å². The number of benzene rings is 1. The Kier molecular flexibility index (Phi) is 5.90. The van der Waals surface area contributed by atoms with Crippen LogP contribution in [-0.2, 0) is 20.7 Å². The van der Waals surface area contributed by atoms with E-state index in [1.807, 2.05) is 30.3 Å². The van der Waals surface area contributed by atoms with Crippen LogP contribution < -0.4 is 5.73 Å². The van der Waals surface area contributed by atoms with E-state index in [9.17, 15) is 14.7 Å². The Morgan fingerprint density at radius 1 is 1.24 bits per heavy atom. The molecular formula is C16H23NO4. The lowest BCUT2D eigenvalue weighted by Gasteiger charge is -2.23. The molecule has 1 aromatic carbocycles. The summed E-state index contributed by atoms with van der Waals surface area (Å²) in [5, 5.41) is 9.29. The molecule has 0 bridgehead atoms. The number of nitrogens with two attached hydrogens (primary N) is 1. The first-order chi connectivity index (χ1) is 9.69. The molecule has 0 aliphatic carbocycles. The van der Waals surface area contributed by atoms with E-state index in [2.05, 4.69) is 0 Å². The maximum atomic E-state index is 11.8. The minimum Gasteiger partial charge on any atom is -0.481 e. The summed E-state index contributed by atoms with van der Waals surface area (Å²) in [5.74, 6) is -2.24. The number of hydrogen-bond acceptors (Lipinski definition) is 4. The van der Waals surface area contributed by atoms with E-state index in [1.54, 1.807) is 20.8 Å². The molecule has 5 nitrogen and oxygen atoms in total. The molecule has 1 unspecified atom stereocenters. The maximum absolute atomic E-state index is 11.8. The second-order valence-corrected chi connectivity index (χ2v) is 6.10. The van der Waals surface area contributed by atoms with Crippen molar-refractivity contribution in [2.24, 2.45) is 11.7 Å². The van der Waals surface area contributed by atoms with Gasteiger partial charge < -0.3 is 15.6 Å². The Bertz CT molecular complexity index is 479. The molecule has 2 atom stereocenters. The van der Waals surface area contributed by atoms with E-state index >= 15 is 0 Å². The van der Waals surface area contributed by atoms with E-state index in [0.717, 1.165) is 5.56 Å². The van der Waals surface area contributed by atoms with Gasteiger partial charge in [0.05, 0.1) is 5.92 Å². The predicted octanol–water partition coefficient (Wildman–Crippen LogP) is 1.99. The van der Waals surface area contributed by atoms with Crippen molar-refractivity contribution in [3.05, 3.63) is 35.9 Å². The molecule has 1 aromatic rings. The zero-order valence-corrected chi connectivity index (χ0v) is 12.7. The third kappa shape index (κ3) is 6.40. The molecule has 0 heterocycles. The van der Waals surface area contributed by atoms with E-state index in [-0.39, 0.29) is 6.42 Å². The van der Waals surface area contributed by atoms with Gasteiger partial charge in [0.15, 0.2) is 0 Å². The van der Waals surface area contributed by atoms with Gasteiger partial charge in [-0.15, -0.1) is 0 Å². The highest BCUT2D eigenvalue weighted by molar-refractivity contribution is 5.78. The first kappa shape index (κ1) is 17.2. The largest absolute Gasteiger partial charge is 0.481 e. The molecule has 0 fully saturated rings. The van der Waals surface area contributed by atoms with E-state index in [4.69, 9.17) is 10.5 Å². The average molecular weight is 293 g/mol. The third-order valence-corrected chi connectivity index (χ3v) is 2.92. The molecule has 3 N–H and O–H groups in total. The lowest BCUT2D eigenvalue weighted by Crippen LogP contribution is -2.40. The topological polar surface area (TPSA) is 89.6 Å². The Labute approximate surface area is 125 Å². The molecule has 5 heteroatoms. The van der Waals surface area contributed by atoms with Gasteiger partial charge in [0.25, 0.3) is 0 Å². The van der Waals surface area contributed by atoms with Crippen LogP contribution in [0.4, 0.5) is 0 Å². The van der Waals surface area contributed by atoms with Crippen LogP contribution in [0.3, 0.4) is 0 Å². The zero-order chi connectivity index (χ0) is 16.0. The number of aliphatic carboxylic acids is 1. The zero-order valence-electron chi connectivity index (χ0n) is 12.7. The summed E-state index contributed by atoms with van der Waals surface area (Å²) in [4.78, 5) is 23.2. The van der Waals surface area contributed by atoms with Gasteiger partial charge in [-0.3, -0.25) is 9.59 Å². The van der Waals surface area contributed by atoms with Crippen molar-refractivity contribution in [2.75, 3.05) is 0 Å². The maximum Gasteiger partial charge on any atom is 0.323 e. The fourth-order valence-electron chi connectivity index (χ4n) is 1.95. The molecule has 116 valence electrons. The minimum atomic E-state index is -0.960. The van der Waals surface area contributed by atoms with E-state index in [0.29, 0.717) is 6.42 Å². The van der Waals surface area contributed by atoms with Gasteiger partial charge in [0.2, 0.25) is 0 Å². The first-order valence-electron chi connectivity index (χ1n) is 6.94. The standard InChI is InChI=1S/C16H23NO4/c1-16(2,3)21-15(20)13(17)10-12(14(18)19)9-11-7-5-4-6-8-11/h4-8,12-13H,9-10,17H2,1-3H3,(H,18,19)/t12?,13-/m0/s1. The van der Waals surface area contributed by atoms with Crippen LogP contribution in [0.15, 0.2) is 30.3 Å². The summed E-state index contributed by atoms with van der Waals surface area (Å²) < 4.78 is 5.17. The third-order valence-electron chi connectivity index (χ3n) is 2.92. The molecule has 0 amide bonds. The molecule has 21 heavy (non-hydrogen) atoms. The second-order valence-electron chi connectivity index (χ2n) is 6.10. The van der Waals surface area contributed by atoms with Crippen molar-refractivity contribution in [1.82, 2.24) is 0 Å². The van der Waals surface area contributed by atoms with Gasteiger partial charge in [-0.1, -0.05) is 30.3 Å². The highest BCUT2D eigenvalue weighted by atomic mass is 16.6. The smallest absolute Gasteiger partial charge is 0.323 e. The predicted molar refractivity (Wildman–Crippen MR) is 79.7 cm³/mol. The number of esters is 1. The van der Waals surface area contributed by atoms with Crippen molar-refractivity contribution in [3.8, 4) is 0 Å². The number of rotatable bonds is 6. The van der Waals surface area contributed by atoms with Crippen LogP contribution in [-0.4, -0.2) is 28.7 Å². The summed E-state index contributed by atoms with van der Waals surface area (Å²) >= 11 is 0. The van der Waals surface area contributed by atoms with E-state index in [1.165, 1.54) is 0 Å². The lowest BCUT2D eigenvalue weighted by atomic mass is 9.93. The van der Waals surface area contributed by atoms with Crippen LogP contribution in [0.25, 0.3) is 0 Å². The Morgan fingerprint density at radius 3 is 2.29 bits per heavy atom. The molecule has 0 aliphatic rings. The highest BCUT2D eigenvalue weighted by Gasteiger charge is 2.28. The van der Waals surface area contributed by atoms with Crippen molar-refractivity contribution in [1.29, 1.82) is 0 Å². The van der Waals surface area contributed by atoms with Crippen molar-refractivity contribution < 1.29 is 19.4 Å². The van der Waals surface area contributed by atoms with Gasteiger partial charge in [-0.2, -0.15) is 0 Å². The van der Waals surface area contributed by atoms with Gasteiger partial charge in [0.1, 0.15) is 11.6 Å². The molecule has 1 rings (SSSR count). The molecule has 0 saturated heterocycles. The average Bonchev–Trinajstić information content (AvgIpc) is 2.36. The summed E-state index contributed by atoms with van der Waals surface area (Å²) in [6, 6.07) is 8.34. The first-order valence-corrected chi connectivity index (χ1v) is 6.94. The molecule has 0 aliphatic heterocycles. The number of ether oxygens (including phenoxy) is 1. The van der Waals surface area contributed by atoms with Crippen LogP contribution in [0.5, 0.6) is 0 Å². The molecular weight excluding hydrogens is 270 g/mol. The summed E-state index contributed by atoms with van der Waals surface area (Å²) in [5.41, 5.74) is 6.05. The van der Waals surface area contributed by atoms with Crippen LogP contribution >= 0.6 is 0 Å². The number of carboxylic acid groups (broad SMARTS) is 1. The van der Waals surface area contributed by atoms with Gasteiger partial charge >= 0.3 is 11.9 Å². The summed E-state index contributed by atoms with van der Waals surface area (Å²) in [7, 11) is 0. The molecule has 0 saturated carbocycles. The second kappa shape index (κ2) is 7.22. The SMILES string of the molecule is CC(C)(C)OC(=O)[C@@H](N)CC(Cc1ccccc1)C(=O)O. The normalized spacial score (nSPS) is 14.3. The van der Waals surface area contributed by atoms with Gasteiger partial charge in [0, 0.05) is 0 Å². The fourth-order valence-corrected chi connectivity index (χ4v) is 1.95. The Balaban J connectivity index is 2.66. The van der Waals surface area contributed by atoms with E-state index < -0.39 is 29.5 Å². The van der Waals surface area contributed by atoms with Crippen LogP contribution in [0.1, 0.15) is 32.8 Å².